The molecule has 0 aromatic heterocycles. The number of nitrogens with zero attached hydrogens (tertiary/aromatic N) is 1. The molecule has 0 N–H and O–H groups in total. The van der Waals surface area contributed by atoms with Crippen LogP contribution in [0.25, 0.3) is 0 Å². The largest absolute Gasteiger partial charge is 0.268 e. The summed E-state index contributed by atoms with van der Waals surface area (Å²) < 4.78 is 50.8. The molecule has 0 radical (unpaired) electrons. The van der Waals surface area contributed by atoms with Crippen molar-refractivity contribution in [3.05, 3.63) is 0 Å². The average molecular weight is 257 g/mol. The van der Waals surface area contributed by atoms with Crippen molar-refractivity contribution in [2.45, 2.75) is 25.5 Å². The van der Waals surface area contributed by atoms with Crippen LogP contribution in [-0.2, 0) is 24.3 Å². The fourth-order valence-electron chi connectivity index (χ4n) is 1.16. The molecule has 1 saturated carbocycles. The van der Waals surface area contributed by atoms with Crippen molar-refractivity contribution in [2.24, 2.45) is 0 Å². The molecule has 8 heteroatoms. The molecule has 1 aliphatic rings. The SMILES string of the molecule is CCS(=O)(=O)OC1(N(C)S(C)(=O)=O)CC1. The van der Waals surface area contributed by atoms with E-state index < -0.39 is 25.9 Å². The summed E-state index contributed by atoms with van der Waals surface area (Å²) in [4.78, 5) is 0. The Bertz CT molecular complexity index is 434. The van der Waals surface area contributed by atoms with Crippen LogP contribution in [-0.4, -0.2) is 45.9 Å². The third-order valence-corrected chi connectivity index (χ3v) is 4.98. The molecule has 15 heavy (non-hydrogen) atoms. The van der Waals surface area contributed by atoms with Crippen molar-refractivity contribution in [1.82, 2.24) is 4.31 Å². The van der Waals surface area contributed by atoms with Crippen LogP contribution in [0.15, 0.2) is 0 Å². The third kappa shape index (κ3) is 2.90. The highest BCUT2D eigenvalue weighted by Crippen LogP contribution is 2.44. The lowest BCUT2D eigenvalue weighted by Gasteiger charge is -2.24. The van der Waals surface area contributed by atoms with E-state index in [2.05, 4.69) is 0 Å². The molecule has 0 unspecified atom stereocenters. The summed E-state index contributed by atoms with van der Waals surface area (Å²) in [5, 5.41) is 0. The first-order chi connectivity index (χ1) is 6.63. The Morgan fingerprint density at radius 3 is 2.00 bits per heavy atom. The van der Waals surface area contributed by atoms with E-state index in [0.717, 1.165) is 10.6 Å². The van der Waals surface area contributed by atoms with Crippen LogP contribution in [0.1, 0.15) is 19.8 Å². The zero-order valence-electron chi connectivity index (χ0n) is 8.93. The van der Waals surface area contributed by atoms with Gasteiger partial charge in [-0.25, -0.2) is 12.6 Å². The Hall–Kier alpha value is -0.180. The minimum Gasteiger partial charge on any atom is -0.246 e. The molecular weight excluding hydrogens is 242 g/mol. The topological polar surface area (TPSA) is 80.8 Å². The fraction of sp³-hybridized carbons (Fsp3) is 1.00. The van der Waals surface area contributed by atoms with Crippen molar-refractivity contribution < 1.29 is 21.0 Å². The molecule has 6 nitrogen and oxygen atoms in total. The molecule has 1 aliphatic carbocycles. The predicted molar refractivity (Wildman–Crippen MR) is 55.1 cm³/mol. The van der Waals surface area contributed by atoms with Crippen molar-refractivity contribution in [2.75, 3.05) is 19.1 Å². The van der Waals surface area contributed by atoms with Gasteiger partial charge in [0.05, 0.1) is 12.0 Å². The summed E-state index contributed by atoms with van der Waals surface area (Å²) in [6.45, 7) is 1.45. The molecule has 0 aromatic rings. The summed E-state index contributed by atoms with van der Waals surface area (Å²) in [6.07, 6.45) is 1.85. The highest BCUT2D eigenvalue weighted by atomic mass is 32.2. The molecule has 1 fully saturated rings. The lowest BCUT2D eigenvalue weighted by Crippen LogP contribution is -2.41. The molecule has 0 aliphatic heterocycles. The minimum absolute atomic E-state index is 0.160. The first kappa shape index (κ1) is 12.9. The smallest absolute Gasteiger partial charge is 0.246 e. The van der Waals surface area contributed by atoms with Crippen LogP contribution >= 0.6 is 0 Å². The Morgan fingerprint density at radius 1 is 1.27 bits per heavy atom. The van der Waals surface area contributed by atoms with Crippen molar-refractivity contribution >= 4 is 20.1 Å². The minimum atomic E-state index is -3.63. The van der Waals surface area contributed by atoms with Crippen LogP contribution < -0.4 is 0 Å². The Labute approximate surface area is 90.4 Å². The van der Waals surface area contributed by atoms with Crippen LogP contribution in [0, 0.1) is 0 Å². The predicted octanol–water partition coefficient (Wildman–Crippen LogP) is -0.266. The van der Waals surface area contributed by atoms with Gasteiger partial charge in [0.2, 0.25) is 10.0 Å². The Kier molecular flexibility index (Phi) is 3.17. The van der Waals surface area contributed by atoms with Gasteiger partial charge in [-0.2, -0.15) is 12.7 Å². The van der Waals surface area contributed by atoms with E-state index in [-0.39, 0.29) is 5.75 Å². The quantitative estimate of drug-likeness (QED) is 0.500. The van der Waals surface area contributed by atoms with Crippen molar-refractivity contribution in [3.8, 4) is 0 Å². The van der Waals surface area contributed by atoms with Gasteiger partial charge < -0.3 is 0 Å². The van der Waals surface area contributed by atoms with Crippen LogP contribution in [0.3, 0.4) is 0 Å². The normalized spacial score (nSPS) is 20.5. The maximum atomic E-state index is 11.2. The second-order valence-corrected chi connectivity index (χ2v) is 7.48. The van der Waals surface area contributed by atoms with Crippen LogP contribution in [0.4, 0.5) is 0 Å². The van der Waals surface area contributed by atoms with Gasteiger partial charge in [0.1, 0.15) is 0 Å². The summed E-state index contributed by atoms with van der Waals surface area (Å²) in [6, 6.07) is 0. The van der Waals surface area contributed by atoms with Gasteiger partial charge in [0, 0.05) is 7.05 Å². The lowest BCUT2D eigenvalue weighted by atomic mass is 10.6. The number of hydrogen-bond acceptors (Lipinski definition) is 5. The lowest BCUT2D eigenvalue weighted by molar-refractivity contribution is 0.0860. The molecule has 90 valence electrons. The Morgan fingerprint density at radius 2 is 1.73 bits per heavy atom. The summed E-state index contributed by atoms with van der Waals surface area (Å²) in [5.74, 6) is -0.160. The van der Waals surface area contributed by atoms with Crippen molar-refractivity contribution in [3.63, 3.8) is 0 Å². The van der Waals surface area contributed by atoms with Gasteiger partial charge in [0.15, 0.2) is 5.72 Å². The maximum absolute atomic E-state index is 11.2. The number of hydrogen-bond donors (Lipinski definition) is 0. The number of sulfonamides is 1. The Balaban J connectivity index is 2.87. The summed E-state index contributed by atoms with van der Waals surface area (Å²) >= 11 is 0. The molecule has 0 bridgehead atoms. The monoisotopic (exact) mass is 257 g/mol. The van der Waals surface area contributed by atoms with E-state index in [1.807, 2.05) is 0 Å². The van der Waals surface area contributed by atoms with Gasteiger partial charge in [-0.15, -0.1) is 0 Å². The average Bonchev–Trinajstić information content (AvgIpc) is 2.82. The molecule has 0 amide bonds. The van der Waals surface area contributed by atoms with E-state index in [1.165, 1.54) is 14.0 Å². The standard InChI is InChI=1S/C7H15NO5S2/c1-4-15(11,12)13-7(5-6-7)8(2)14(3,9)10/h4-6H2,1-3H3. The fourth-order valence-corrected chi connectivity index (χ4v) is 2.90. The van der Waals surface area contributed by atoms with E-state index in [9.17, 15) is 16.8 Å². The zero-order chi connectivity index (χ0) is 11.9. The van der Waals surface area contributed by atoms with Crippen LogP contribution in [0.2, 0.25) is 0 Å². The van der Waals surface area contributed by atoms with Gasteiger partial charge in [-0.3, -0.25) is 0 Å². The zero-order valence-corrected chi connectivity index (χ0v) is 10.6. The van der Waals surface area contributed by atoms with Crippen LogP contribution in [0.5, 0.6) is 0 Å². The maximum Gasteiger partial charge on any atom is 0.268 e. The van der Waals surface area contributed by atoms with E-state index in [0.29, 0.717) is 12.8 Å². The highest BCUT2D eigenvalue weighted by Gasteiger charge is 2.54. The highest BCUT2D eigenvalue weighted by molar-refractivity contribution is 7.88. The second kappa shape index (κ2) is 3.69. The second-order valence-electron chi connectivity index (χ2n) is 3.61. The van der Waals surface area contributed by atoms with Gasteiger partial charge >= 0.3 is 0 Å². The third-order valence-electron chi connectivity index (χ3n) is 2.38. The molecule has 0 aromatic carbocycles. The number of rotatable bonds is 5. The molecule has 0 atom stereocenters. The molecular formula is C7H15NO5S2. The molecule has 0 saturated heterocycles. The van der Waals surface area contributed by atoms with E-state index in [4.69, 9.17) is 4.18 Å². The first-order valence-corrected chi connectivity index (χ1v) is 7.93. The summed E-state index contributed by atoms with van der Waals surface area (Å²) in [5.41, 5.74) is -1.16. The van der Waals surface area contributed by atoms with Gasteiger partial charge in [-0.1, -0.05) is 0 Å². The van der Waals surface area contributed by atoms with Gasteiger partial charge in [0.25, 0.3) is 10.1 Å². The van der Waals surface area contributed by atoms with Crippen molar-refractivity contribution in [1.29, 1.82) is 0 Å². The van der Waals surface area contributed by atoms with E-state index >= 15 is 0 Å². The molecule has 1 rings (SSSR count). The molecule has 0 spiro atoms. The van der Waals surface area contributed by atoms with E-state index in [1.54, 1.807) is 0 Å². The first-order valence-electron chi connectivity index (χ1n) is 4.50. The summed E-state index contributed by atoms with van der Waals surface area (Å²) in [7, 11) is -5.73. The van der Waals surface area contributed by atoms with Gasteiger partial charge in [-0.05, 0) is 19.8 Å². The molecule has 0 heterocycles.